The number of carbonyl (C=O) groups is 1. The van der Waals surface area contributed by atoms with Crippen LogP contribution in [0.3, 0.4) is 0 Å². The fourth-order valence-corrected chi connectivity index (χ4v) is 4.84. The van der Waals surface area contributed by atoms with Gasteiger partial charge in [-0.1, -0.05) is 5.16 Å². The SMILES string of the molecule is Cc1noc(N(C(=O)c2sccc2S(N)(=O)=O)c2ccc3c(c2)OCO3)c1Br. The molecule has 2 N–H and O–H groups in total. The molecule has 28 heavy (non-hydrogen) atoms. The highest BCUT2D eigenvalue weighted by molar-refractivity contribution is 9.10. The minimum absolute atomic E-state index is 0.0545. The van der Waals surface area contributed by atoms with Crippen molar-refractivity contribution in [3.63, 3.8) is 0 Å². The second-order valence-electron chi connectivity index (χ2n) is 5.72. The van der Waals surface area contributed by atoms with Gasteiger partial charge in [0.25, 0.3) is 11.8 Å². The number of hydrogen-bond donors (Lipinski definition) is 1. The molecule has 2 aromatic heterocycles. The van der Waals surface area contributed by atoms with Gasteiger partial charge in [0.1, 0.15) is 14.2 Å². The van der Waals surface area contributed by atoms with E-state index in [4.69, 9.17) is 19.1 Å². The molecule has 3 heterocycles. The number of hydrogen-bond acceptors (Lipinski definition) is 8. The van der Waals surface area contributed by atoms with Gasteiger partial charge in [-0.3, -0.25) is 4.79 Å². The molecule has 0 radical (unpaired) electrons. The van der Waals surface area contributed by atoms with Gasteiger partial charge in [0.05, 0.1) is 11.4 Å². The second kappa shape index (κ2) is 6.88. The van der Waals surface area contributed by atoms with Crippen LogP contribution in [0.25, 0.3) is 0 Å². The van der Waals surface area contributed by atoms with E-state index >= 15 is 0 Å². The van der Waals surface area contributed by atoms with Gasteiger partial charge in [0.15, 0.2) is 11.5 Å². The predicted octanol–water partition coefficient (Wildman–Crippen LogP) is 3.16. The molecule has 0 unspecified atom stereocenters. The highest BCUT2D eigenvalue weighted by Gasteiger charge is 2.32. The van der Waals surface area contributed by atoms with E-state index in [-0.39, 0.29) is 22.4 Å². The van der Waals surface area contributed by atoms with Crippen molar-refractivity contribution >= 4 is 54.8 Å². The Morgan fingerprint density at radius 2 is 2.04 bits per heavy atom. The number of primary sulfonamides is 1. The van der Waals surface area contributed by atoms with Crippen LogP contribution in [0, 0.1) is 6.92 Å². The van der Waals surface area contributed by atoms with Crippen LogP contribution in [0.2, 0.25) is 0 Å². The summed E-state index contributed by atoms with van der Waals surface area (Å²) < 4.78 is 40.2. The molecule has 146 valence electrons. The number of benzene rings is 1. The quantitative estimate of drug-likeness (QED) is 0.601. The van der Waals surface area contributed by atoms with Crippen LogP contribution in [0.4, 0.5) is 11.6 Å². The zero-order valence-electron chi connectivity index (χ0n) is 14.2. The minimum atomic E-state index is -4.09. The van der Waals surface area contributed by atoms with Crippen molar-refractivity contribution in [2.75, 3.05) is 11.7 Å². The van der Waals surface area contributed by atoms with Crippen molar-refractivity contribution in [1.29, 1.82) is 0 Å². The Morgan fingerprint density at radius 1 is 1.29 bits per heavy atom. The van der Waals surface area contributed by atoms with E-state index in [1.54, 1.807) is 25.1 Å². The number of aromatic nitrogens is 1. The lowest BCUT2D eigenvalue weighted by Gasteiger charge is -2.20. The maximum absolute atomic E-state index is 13.4. The van der Waals surface area contributed by atoms with Crippen molar-refractivity contribution in [1.82, 2.24) is 5.16 Å². The topological polar surface area (TPSA) is 125 Å². The number of carbonyl (C=O) groups excluding carboxylic acids is 1. The summed E-state index contributed by atoms with van der Waals surface area (Å²) in [6.07, 6.45) is 0. The molecule has 9 nitrogen and oxygen atoms in total. The molecule has 0 saturated heterocycles. The number of nitrogens with two attached hydrogens (primary N) is 1. The Balaban J connectivity index is 1.88. The van der Waals surface area contributed by atoms with E-state index in [1.807, 2.05) is 0 Å². The molecule has 0 spiro atoms. The van der Waals surface area contributed by atoms with Crippen molar-refractivity contribution < 1.29 is 27.2 Å². The molecule has 1 aromatic carbocycles. The molecule has 1 amide bonds. The van der Waals surface area contributed by atoms with E-state index in [2.05, 4.69) is 21.1 Å². The van der Waals surface area contributed by atoms with Crippen LogP contribution in [0.15, 0.2) is 43.5 Å². The number of ether oxygens (including phenoxy) is 2. The lowest BCUT2D eigenvalue weighted by molar-refractivity contribution is 0.0995. The number of rotatable bonds is 4. The van der Waals surface area contributed by atoms with Crippen LogP contribution >= 0.6 is 27.3 Å². The molecule has 12 heteroatoms. The minimum Gasteiger partial charge on any atom is -0.454 e. The summed E-state index contributed by atoms with van der Waals surface area (Å²) in [5, 5.41) is 10.6. The van der Waals surface area contributed by atoms with Crippen LogP contribution in [0.5, 0.6) is 11.5 Å². The normalized spacial score (nSPS) is 13.0. The number of fused-ring (bicyclic) bond motifs is 1. The number of halogens is 1. The van der Waals surface area contributed by atoms with Crippen molar-refractivity contribution in [3.8, 4) is 11.5 Å². The maximum Gasteiger partial charge on any atom is 0.276 e. The monoisotopic (exact) mass is 485 g/mol. The Labute approximate surface area is 171 Å². The van der Waals surface area contributed by atoms with E-state index < -0.39 is 15.9 Å². The fourth-order valence-electron chi connectivity index (χ4n) is 2.62. The first-order valence-corrected chi connectivity index (χ1v) is 11.0. The second-order valence-corrected chi connectivity index (χ2v) is 8.96. The lowest BCUT2D eigenvalue weighted by Crippen LogP contribution is -2.27. The summed E-state index contributed by atoms with van der Waals surface area (Å²) in [5.41, 5.74) is 0.895. The van der Waals surface area contributed by atoms with Gasteiger partial charge in [-0.25, -0.2) is 18.5 Å². The number of amides is 1. The van der Waals surface area contributed by atoms with E-state index in [1.165, 1.54) is 16.3 Å². The van der Waals surface area contributed by atoms with E-state index in [0.717, 1.165) is 11.3 Å². The smallest absolute Gasteiger partial charge is 0.276 e. The number of nitrogens with zero attached hydrogens (tertiary/aromatic N) is 2. The van der Waals surface area contributed by atoms with Crippen molar-refractivity contribution in [2.24, 2.45) is 5.14 Å². The maximum atomic E-state index is 13.4. The molecule has 4 rings (SSSR count). The molecule has 0 fully saturated rings. The van der Waals surface area contributed by atoms with Gasteiger partial charge in [0.2, 0.25) is 16.8 Å². The average Bonchev–Trinajstić information content (AvgIpc) is 3.37. The zero-order chi connectivity index (χ0) is 20.1. The molecule has 3 aromatic rings. The van der Waals surface area contributed by atoms with Gasteiger partial charge in [-0.15, -0.1) is 11.3 Å². The summed E-state index contributed by atoms with van der Waals surface area (Å²) >= 11 is 4.31. The number of thiophene rings is 1. The number of anilines is 2. The highest BCUT2D eigenvalue weighted by atomic mass is 79.9. The molecule has 0 aliphatic carbocycles. The molecule has 0 bridgehead atoms. The molecular formula is C16H12BrN3O6S2. The zero-order valence-corrected chi connectivity index (χ0v) is 17.4. The van der Waals surface area contributed by atoms with Crippen LogP contribution in [0.1, 0.15) is 15.4 Å². The third kappa shape index (κ3) is 3.17. The van der Waals surface area contributed by atoms with Crippen LogP contribution < -0.4 is 19.5 Å². The lowest BCUT2D eigenvalue weighted by atomic mass is 10.2. The standard InChI is InChI=1S/C16H12BrN3O6S2/c1-8-13(17)16(26-19-8)20(9-2-3-10-11(6-9)25-7-24-10)15(21)14-12(4-5-27-14)28(18,22)23/h2-6H,7H2,1H3,(H2,18,22,23). The molecule has 1 aliphatic rings. The van der Waals surface area contributed by atoms with Gasteiger partial charge >= 0.3 is 0 Å². The first kappa shape index (κ1) is 18.9. The summed E-state index contributed by atoms with van der Waals surface area (Å²) in [6.45, 7) is 1.76. The Kier molecular flexibility index (Phi) is 4.65. The predicted molar refractivity (Wildman–Crippen MR) is 104 cm³/mol. The summed E-state index contributed by atoms with van der Waals surface area (Å²) in [5.74, 6) is 0.427. The first-order chi connectivity index (χ1) is 13.3. The average molecular weight is 486 g/mol. The molecule has 0 atom stereocenters. The Hall–Kier alpha value is -2.41. The van der Waals surface area contributed by atoms with Gasteiger partial charge < -0.3 is 14.0 Å². The summed E-state index contributed by atoms with van der Waals surface area (Å²) in [6, 6.07) is 6.14. The van der Waals surface area contributed by atoms with Crippen LogP contribution in [-0.4, -0.2) is 26.3 Å². The van der Waals surface area contributed by atoms with Crippen LogP contribution in [-0.2, 0) is 10.0 Å². The summed E-state index contributed by atoms with van der Waals surface area (Å²) in [7, 11) is -4.09. The largest absolute Gasteiger partial charge is 0.454 e. The Bertz CT molecular complexity index is 1190. The molecular weight excluding hydrogens is 474 g/mol. The van der Waals surface area contributed by atoms with Gasteiger partial charge in [0, 0.05) is 6.07 Å². The van der Waals surface area contributed by atoms with Crippen molar-refractivity contribution in [2.45, 2.75) is 11.8 Å². The third-order valence-electron chi connectivity index (χ3n) is 3.92. The van der Waals surface area contributed by atoms with E-state index in [9.17, 15) is 13.2 Å². The van der Waals surface area contributed by atoms with Gasteiger partial charge in [-0.05, 0) is 46.4 Å². The summed E-state index contributed by atoms with van der Waals surface area (Å²) in [4.78, 5) is 14.3. The number of sulfonamides is 1. The molecule has 1 aliphatic heterocycles. The first-order valence-electron chi connectivity index (χ1n) is 7.73. The van der Waals surface area contributed by atoms with E-state index in [0.29, 0.717) is 27.4 Å². The van der Waals surface area contributed by atoms with Gasteiger partial charge in [-0.2, -0.15) is 0 Å². The van der Waals surface area contributed by atoms with Crippen molar-refractivity contribution in [3.05, 3.63) is 44.7 Å². The third-order valence-corrected chi connectivity index (χ3v) is 6.82. The molecule has 0 saturated carbocycles. The highest BCUT2D eigenvalue weighted by Crippen LogP contribution is 2.41. The fraction of sp³-hybridized carbons (Fsp3) is 0.125. The number of aryl methyl sites for hydroxylation is 1. The Morgan fingerprint density at radius 3 is 2.71 bits per heavy atom.